The highest BCUT2D eigenvalue weighted by molar-refractivity contribution is 7.09. The second-order valence-corrected chi connectivity index (χ2v) is 6.41. The van der Waals surface area contributed by atoms with Gasteiger partial charge in [-0.2, -0.15) is 0 Å². The predicted octanol–water partition coefficient (Wildman–Crippen LogP) is 5.07. The summed E-state index contributed by atoms with van der Waals surface area (Å²) in [6.07, 6.45) is 0.919. The Bertz CT molecular complexity index is 871. The van der Waals surface area contributed by atoms with Crippen molar-refractivity contribution in [3.63, 3.8) is 0 Å². The Morgan fingerprint density at radius 1 is 1.21 bits per heavy atom. The van der Waals surface area contributed by atoms with Gasteiger partial charge in [-0.05, 0) is 49.2 Å². The second kappa shape index (κ2) is 6.93. The van der Waals surface area contributed by atoms with Crippen LogP contribution in [0.5, 0.6) is 0 Å². The molecule has 3 nitrogen and oxygen atoms in total. The van der Waals surface area contributed by atoms with Gasteiger partial charge in [0.1, 0.15) is 5.82 Å². The number of amides is 1. The summed E-state index contributed by atoms with van der Waals surface area (Å²) in [5.74, 6) is -0.534. The van der Waals surface area contributed by atoms with Gasteiger partial charge in [-0.25, -0.2) is 9.37 Å². The normalized spacial score (nSPS) is 10.6. The van der Waals surface area contributed by atoms with E-state index in [1.807, 2.05) is 17.5 Å². The average Bonchev–Trinajstić information content (AvgIpc) is 3.06. The van der Waals surface area contributed by atoms with Crippen molar-refractivity contribution in [3.05, 3.63) is 69.8 Å². The Hall–Kier alpha value is -2.53. The molecule has 0 aliphatic carbocycles. The van der Waals surface area contributed by atoms with Gasteiger partial charge in [0.05, 0.1) is 10.7 Å². The molecular formula is C19H17FN2OS. The summed E-state index contributed by atoms with van der Waals surface area (Å²) in [7, 11) is 0. The van der Waals surface area contributed by atoms with Crippen molar-refractivity contribution in [3.8, 4) is 11.3 Å². The van der Waals surface area contributed by atoms with Crippen molar-refractivity contribution in [1.82, 2.24) is 4.98 Å². The van der Waals surface area contributed by atoms with Crippen LogP contribution in [0.15, 0.2) is 47.8 Å². The molecular weight excluding hydrogens is 323 g/mol. The van der Waals surface area contributed by atoms with E-state index in [9.17, 15) is 9.18 Å². The summed E-state index contributed by atoms with van der Waals surface area (Å²) in [6.45, 7) is 3.84. The van der Waals surface area contributed by atoms with E-state index in [0.29, 0.717) is 16.8 Å². The van der Waals surface area contributed by atoms with Gasteiger partial charge in [0.2, 0.25) is 0 Å². The smallest absolute Gasteiger partial charge is 0.255 e. The van der Waals surface area contributed by atoms with Gasteiger partial charge >= 0.3 is 0 Å². The van der Waals surface area contributed by atoms with Crippen LogP contribution in [0, 0.1) is 12.7 Å². The van der Waals surface area contributed by atoms with Gasteiger partial charge in [0, 0.05) is 22.2 Å². The van der Waals surface area contributed by atoms with Crippen molar-refractivity contribution in [2.24, 2.45) is 0 Å². The topological polar surface area (TPSA) is 42.0 Å². The van der Waals surface area contributed by atoms with Gasteiger partial charge in [0.15, 0.2) is 0 Å². The number of aryl methyl sites for hydroxylation is 2. The molecule has 0 spiro atoms. The zero-order valence-electron chi connectivity index (χ0n) is 13.5. The Morgan fingerprint density at radius 2 is 1.96 bits per heavy atom. The fraction of sp³-hybridized carbons (Fsp3) is 0.158. The molecule has 0 bridgehead atoms. The van der Waals surface area contributed by atoms with Crippen LogP contribution in [0.4, 0.5) is 10.1 Å². The number of nitrogens with one attached hydrogen (secondary N) is 1. The number of benzene rings is 2. The van der Waals surface area contributed by atoms with E-state index in [-0.39, 0.29) is 11.7 Å². The fourth-order valence-electron chi connectivity index (χ4n) is 2.36. The summed E-state index contributed by atoms with van der Waals surface area (Å²) in [6, 6.07) is 11.6. The molecule has 0 saturated carbocycles. The number of carbonyl (C=O) groups excluding carboxylic acids is 1. The number of carbonyl (C=O) groups is 1. The zero-order chi connectivity index (χ0) is 17.1. The zero-order valence-corrected chi connectivity index (χ0v) is 14.3. The SMILES string of the molecule is CCc1nc(-c2ccc(C(=O)Nc3ccc(F)cc3C)cc2)cs1. The summed E-state index contributed by atoms with van der Waals surface area (Å²) < 4.78 is 13.1. The van der Waals surface area contributed by atoms with Crippen molar-refractivity contribution in [1.29, 1.82) is 0 Å². The van der Waals surface area contributed by atoms with Crippen LogP contribution in [-0.4, -0.2) is 10.9 Å². The second-order valence-electron chi connectivity index (χ2n) is 5.47. The molecule has 3 aromatic rings. The van der Waals surface area contributed by atoms with Crippen LogP contribution in [0.25, 0.3) is 11.3 Å². The minimum absolute atomic E-state index is 0.219. The maximum absolute atomic E-state index is 13.1. The van der Waals surface area contributed by atoms with E-state index in [2.05, 4.69) is 17.2 Å². The number of anilines is 1. The largest absolute Gasteiger partial charge is 0.322 e. The van der Waals surface area contributed by atoms with Crippen LogP contribution < -0.4 is 5.32 Å². The van der Waals surface area contributed by atoms with Gasteiger partial charge in [0.25, 0.3) is 5.91 Å². The number of thiazole rings is 1. The molecule has 1 amide bonds. The average molecular weight is 340 g/mol. The van der Waals surface area contributed by atoms with E-state index in [1.165, 1.54) is 12.1 Å². The number of hydrogen-bond acceptors (Lipinski definition) is 3. The molecule has 0 radical (unpaired) electrons. The summed E-state index contributed by atoms with van der Waals surface area (Å²) in [4.78, 5) is 16.9. The summed E-state index contributed by atoms with van der Waals surface area (Å²) in [5.41, 5.74) is 3.76. The Kier molecular flexibility index (Phi) is 4.71. The molecule has 1 heterocycles. The molecule has 122 valence electrons. The van der Waals surface area contributed by atoms with E-state index in [1.54, 1.807) is 36.5 Å². The van der Waals surface area contributed by atoms with E-state index in [4.69, 9.17) is 0 Å². The summed E-state index contributed by atoms with van der Waals surface area (Å²) in [5, 5.41) is 5.93. The predicted molar refractivity (Wildman–Crippen MR) is 96.0 cm³/mol. The van der Waals surface area contributed by atoms with Crippen molar-refractivity contribution in [2.45, 2.75) is 20.3 Å². The number of rotatable bonds is 4. The van der Waals surface area contributed by atoms with E-state index >= 15 is 0 Å². The lowest BCUT2D eigenvalue weighted by molar-refractivity contribution is 0.102. The molecule has 0 fully saturated rings. The van der Waals surface area contributed by atoms with Crippen LogP contribution in [-0.2, 0) is 6.42 Å². The summed E-state index contributed by atoms with van der Waals surface area (Å²) >= 11 is 1.64. The minimum atomic E-state index is -0.315. The minimum Gasteiger partial charge on any atom is -0.322 e. The first-order chi connectivity index (χ1) is 11.6. The van der Waals surface area contributed by atoms with Crippen LogP contribution >= 0.6 is 11.3 Å². The molecule has 1 aromatic heterocycles. The van der Waals surface area contributed by atoms with Crippen LogP contribution in [0.1, 0.15) is 27.9 Å². The fourth-order valence-corrected chi connectivity index (χ4v) is 3.11. The quantitative estimate of drug-likeness (QED) is 0.720. The third-order valence-electron chi connectivity index (χ3n) is 3.73. The Balaban J connectivity index is 1.76. The standard InChI is InChI=1S/C19H17FN2OS/c1-3-18-21-17(11-24-18)13-4-6-14(7-5-13)19(23)22-16-9-8-15(20)10-12(16)2/h4-11H,3H2,1-2H3,(H,22,23). The molecule has 0 atom stereocenters. The molecule has 3 rings (SSSR count). The highest BCUT2D eigenvalue weighted by atomic mass is 32.1. The lowest BCUT2D eigenvalue weighted by atomic mass is 10.1. The molecule has 1 N–H and O–H groups in total. The molecule has 0 saturated heterocycles. The molecule has 0 aliphatic heterocycles. The van der Waals surface area contributed by atoms with Crippen LogP contribution in [0.3, 0.4) is 0 Å². The van der Waals surface area contributed by atoms with E-state index < -0.39 is 0 Å². The lowest BCUT2D eigenvalue weighted by Crippen LogP contribution is -2.12. The first-order valence-electron chi connectivity index (χ1n) is 7.69. The lowest BCUT2D eigenvalue weighted by Gasteiger charge is -2.08. The first kappa shape index (κ1) is 16.3. The number of hydrogen-bond donors (Lipinski definition) is 1. The maximum atomic E-state index is 13.1. The Labute approximate surface area is 144 Å². The van der Waals surface area contributed by atoms with Gasteiger partial charge in [-0.1, -0.05) is 19.1 Å². The van der Waals surface area contributed by atoms with Crippen molar-refractivity contribution in [2.75, 3.05) is 5.32 Å². The third kappa shape index (κ3) is 3.51. The van der Waals surface area contributed by atoms with Crippen LogP contribution in [0.2, 0.25) is 0 Å². The third-order valence-corrected chi connectivity index (χ3v) is 4.73. The van der Waals surface area contributed by atoms with E-state index in [0.717, 1.165) is 22.7 Å². The highest BCUT2D eigenvalue weighted by Crippen LogP contribution is 2.23. The number of halogens is 1. The van der Waals surface area contributed by atoms with Crippen molar-refractivity contribution < 1.29 is 9.18 Å². The number of nitrogens with zero attached hydrogens (tertiary/aromatic N) is 1. The molecule has 2 aromatic carbocycles. The maximum Gasteiger partial charge on any atom is 0.255 e. The molecule has 0 aliphatic rings. The molecule has 0 unspecified atom stereocenters. The monoisotopic (exact) mass is 340 g/mol. The van der Waals surface area contributed by atoms with Gasteiger partial charge < -0.3 is 5.32 Å². The number of aromatic nitrogens is 1. The van der Waals surface area contributed by atoms with Crippen molar-refractivity contribution >= 4 is 22.9 Å². The molecule has 24 heavy (non-hydrogen) atoms. The Morgan fingerprint density at radius 3 is 2.58 bits per heavy atom. The van der Waals surface area contributed by atoms with Gasteiger partial charge in [-0.3, -0.25) is 4.79 Å². The highest BCUT2D eigenvalue weighted by Gasteiger charge is 2.09. The first-order valence-corrected chi connectivity index (χ1v) is 8.57. The van der Waals surface area contributed by atoms with Gasteiger partial charge in [-0.15, -0.1) is 11.3 Å². The molecule has 5 heteroatoms.